The van der Waals surface area contributed by atoms with Gasteiger partial charge in [0.2, 0.25) is 0 Å². The molecular formula is C19H31N3O3. The summed E-state index contributed by atoms with van der Waals surface area (Å²) in [4.78, 5) is 14.0. The van der Waals surface area contributed by atoms with Crippen molar-refractivity contribution < 1.29 is 13.9 Å². The summed E-state index contributed by atoms with van der Waals surface area (Å²) in [6, 6.07) is 5.51. The van der Waals surface area contributed by atoms with Gasteiger partial charge in [0.05, 0.1) is 0 Å². The van der Waals surface area contributed by atoms with Crippen LogP contribution in [0, 0.1) is 6.92 Å². The minimum atomic E-state index is -0.420. The zero-order valence-corrected chi connectivity index (χ0v) is 15.9. The van der Waals surface area contributed by atoms with Crippen LogP contribution in [0.25, 0.3) is 11.0 Å². The van der Waals surface area contributed by atoms with Crippen LogP contribution < -0.4 is 21.1 Å². The van der Waals surface area contributed by atoms with E-state index in [0.717, 1.165) is 54.8 Å². The molecular weight excluding hydrogens is 318 g/mol. The van der Waals surface area contributed by atoms with Gasteiger partial charge in [0.25, 0.3) is 0 Å². The number of carbonyl (C=O) groups excluding carboxylic acids is 1. The van der Waals surface area contributed by atoms with E-state index in [1.165, 1.54) is 0 Å². The summed E-state index contributed by atoms with van der Waals surface area (Å²) < 4.78 is 11.4. The summed E-state index contributed by atoms with van der Waals surface area (Å²) in [6.45, 7) is 10.9. The van der Waals surface area contributed by atoms with Gasteiger partial charge in [0, 0.05) is 30.6 Å². The highest BCUT2D eigenvalue weighted by Crippen LogP contribution is 2.34. The fraction of sp³-hybridized carbons (Fsp3) is 0.526. The Labute approximate surface area is 150 Å². The van der Waals surface area contributed by atoms with E-state index in [4.69, 9.17) is 9.15 Å². The maximum Gasteiger partial charge on any atom is 0.412 e. The van der Waals surface area contributed by atoms with E-state index >= 15 is 0 Å². The Morgan fingerprint density at radius 1 is 1.16 bits per heavy atom. The second-order valence-electron chi connectivity index (χ2n) is 5.99. The zero-order chi connectivity index (χ0) is 17.5. The predicted octanol–water partition coefficient (Wildman–Crippen LogP) is 5.03. The molecule has 0 unspecified atom stereocenters. The van der Waals surface area contributed by atoms with Crippen molar-refractivity contribution in [1.82, 2.24) is 11.5 Å². The van der Waals surface area contributed by atoms with E-state index in [0.29, 0.717) is 12.3 Å². The van der Waals surface area contributed by atoms with E-state index in [1.807, 2.05) is 19.1 Å². The van der Waals surface area contributed by atoms with Crippen molar-refractivity contribution in [3.05, 3.63) is 23.8 Å². The van der Waals surface area contributed by atoms with E-state index in [1.54, 1.807) is 6.07 Å². The third-order valence-electron chi connectivity index (χ3n) is 3.89. The van der Waals surface area contributed by atoms with Crippen LogP contribution in [0.1, 0.15) is 45.6 Å². The molecule has 4 N–H and O–H groups in total. The molecule has 0 fully saturated rings. The molecule has 0 saturated heterocycles. The van der Waals surface area contributed by atoms with Gasteiger partial charge in [-0.05, 0) is 44.4 Å². The third kappa shape index (κ3) is 5.13. The van der Waals surface area contributed by atoms with Crippen molar-refractivity contribution in [2.75, 3.05) is 24.5 Å². The fourth-order valence-electron chi connectivity index (χ4n) is 2.78. The number of ether oxygens (including phenoxy) is 1. The number of aryl methyl sites for hydroxylation is 1. The van der Waals surface area contributed by atoms with Gasteiger partial charge in [0.1, 0.15) is 11.3 Å². The smallest absolute Gasteiger partial charge is 0.412 e. The lowest BCUT2D eigenvalue weighted by atomic mass is 10.1. The van der Waals surface area contributed by atoms with Crippen LogP contribution in [0.5, 0.6) is 5.75 Å². The molecule has 140 valence electrons. The largest absolute Gasteiger partial charge is 0.440 e. The minimum Gasteiger partial charge on any atom is -0.440 e. The third-order valence-corrected chi connectivity index (χ3v) is 3.89. The minimum absolute atomic E-state index is 0. The Hall–Kier alpha value is -2.21. The van der Waals surface area contributed by atoms with Crippen LogP contribution in [-0.4, -0.2) is 25.7 Å². The molecule has 0 spiro atoms. The van der Waals surface area contributed by atoms with E-state index in [9.17, 15) is 4.79 Å². The molecule has 6 nitrogen and oxygen atoms in total. The first-order valence-electron chi connectivity index (χ1n) is 8.84. The van der Waals surface area contributed by atoms with Crippen LogP contribution in [0.4, 0.5) is 10.7 Å². The number of fused-ring (bicyclic) bond motifs is 1. The quantitative estimate of drug-likeness (QED) is 0.697. The Morgan fingerprint density at radius 3 is 2.44 bits per heavy atom. The number of nitrogens with zero attached hydrogens (tertiary/aromatic N) is 1. The monoisotopic (exact) mass is 349 g/mol. The van der Waals surface area contributed by atoms with Gasteiger partial charge in [-0.1, -0.05) is 20.8 Å². The molecule has 0 aliphatic rings. The van der Waals surface area contributed by atoms with Gasteiger partial charge in [-0.3, -0.25) is 0 Å². The predicted molar refractivity (Wildman–Crippen MR) is 103 cm³/mol. The van der Waals surface area contributed by atoms with Crippen LogP contribution in [0.15, 0.2) is 22.6 Å². The highest BCUT2D eigenvalue weighted by Gasteiger charge is 2.17. The number of anilines is 1. The molecule has 0 radical (unpaired) electrons. The lowest BCUT2D eigenvalue weighted by Crippen LogP contribution is -2.27. The van der Waals surface area contributed by atoms with Crippen molar-refractivity contribution in [1.29, 1.82) is 0 Å². The van der Waals surface area contributed by atoms with Gasteiger partial charge < -0.3 is 25.5 Å². The molecule has 25 heavy (non-hydrogen) atoms. The summed E-state index contributed by atoms with van der Waals surface area (Å²) in [5.41, 5.74) is 1.91. The molecule has 0 aliphatic carbocycles. The Bertz CT molecular complexity index is 676. The second kappa shape index (κ2) is 9.93. The maximum absolute atomic E-state index is 11.7. The molecule has 6 heteroatoms. The molecule has 2 rings (SSSR count). The number of carbonyl (C=O) groups is 1. The molecule has 0 atom stereocenters. The first kappa shape index (κ1) is 20.8. The zero-order valence-electron chi connectivity index (χ0n) is 15.9. The van der Waals surface area contributed by atoms with Gasteiger partial charge in [0.15, 0.2) is 5.88 Å². The van der Waals surface area contributed by atoms with E-state index in [-0.39, 0.29) is 6.15 Å². The number of rotatable bonds is 8. The van der Waals surface area contributed by atoms with E-state index in [2.05, 4.69) is 31.0 Å². The SMILES string of the molecule is CCCNC(=O)Oc1ccc2oc(N(CCC)CCC)c(C)c2c1.N. The molecule has 1 heterocycles. The number of hydrogen-bond donors (Lipinski definition) is 2. The number of furan rings is 1. The molecule has 1 aromatic carbocycles. The first-order chi connectivity index (χ1) is 11.6. The topological polar surface area (TPSA) is 89.7 Å². The van der Waals surface area contributed by atoms with Gasteiger partial charge >= 0.3 is 6.09 Å². The van der Waals surface area contributed by atoms with Crippen molar-refractivity contribution in [2.24, 2.45) is 0 Å². The molecule has 1 amide bonds. The van der Waals surface area contributed by atoms with Gasteiger partial charge in [-0.2, -0.15) is 0 Å². The van der Waals surface area contributed by atoms with Crippen LogP contribution in [0.2, 0.25) is 0 Å². The average molecular weight is 349 g/mol. The number of nitrogens with one attached hydrogen (secondary N) is 1. The average Bonchev–Trinajstić information content (AvgIpc) is 2.89. The Kier molecular flexibility index (Phi) is 8.28. The summed E-state index contributed by atoms with van der Waals surface area (Å²) >= 11 is 0. The van der Waals surface area contributed by atoms with Crippen molar-refractivity contribution in [3.8, 4) is 5.75 Å². The standard InChI is InChI=1S/C19H28N2O3.H3N/c1-5-10-20-19(22)23-15-8-9-17-16(13-15)14(4)18(24-17)21(11-6-2)12-7-3;/h8-9,13H,5-7,10-12H2,1-4H3,(H,20,22);1H3. The van der Waals surface area contributed by atoms with Crippen LogP contribution in [0.3, 0.4) is 0 Å². The summed E-state index contributed by atoms with van der Waals surface area (Å²) in [5.74, 6) is 1.45. The lowest BCUT2D eigenvalue weighted by Gasteiger charge is -2.21. The van der Waals surface area contributed by atoms with Crippen molar-refractivity contribution in [3.63, 3.8) is 0 Å². The van der Waals surface area contributed by atoms with Crippen LogP contribution in [-0.2, 0) is 0 Å². The summed E-state index contributed by atoms with van der Waals surface area (Å²) in [5, 5.41) is 3.70. The number of hydrogen-bond acceptors (Lipinski definition) is 5. The first-order valence-corrected chi connectivity index (χ1v) is 8.84. The Morgan fingerprint density at radius 2 is 1.84 bits per heavy atom. The molecule has 0 bridgehead atoms. The Balaban J connectivity index is 0.00000312. The second-order valence-corrected chi connectivity index (χ2v) is 5.99. The van der Waals surface area contributed by atoms with Crippen LogP contribution >= 0.6 is 0 Å². The number of amides is 1. The van der Waals surface area contributed by atoms with Crippen molar-refractivity contribution in [2.45, 2.75) is 47.0 Å². The summed E-state index contributed by atoms with van der Waals surface area (Å²) in [7, 11) is 0. The maximum atomic E-state index is 11.7. The van der Waals surface area contributed by atoms with E-state index < -0.39 is 6.09 Å². The normalized spacial score (nSPS) is 10.4. The molecule has 0 saturated carbocycles. The fourth-order valence-corrected chi connectivity index (χ4v) is 2.78. The van der Waals surface area contributed by atoms with Gasteiger partial charge in [-0.25, -0.2) is 4.79 Å². The molecule has 1 aromatic heterocycles. The molecule has 2 aromatic rings. The highest BCUT2D eigenvalue weighted by atomic mass is 16.6. The lowest BCUT2D eigenvalue weighted by molar-refractivity contribution is 0.200. The van der Waals surface area contributed by atoms with Gasteiger partial charge in [-0.15, -0.1) is 0 Å². The summed E-state index contributed by atoms with van der Waals surface area (Å²) in [6.07, 6.45) is 2.60. The number of benzene rings is 1. The molecule has 0 aliphatic heterocycles. The van der Waals surface area contributed by atoms with Crippen molar-refractivity contribution >= 4 is 22.9 Å². The highest BCUT2D eigenvalue weighted by molar-refractivity contribution is 5.87.